The van der Waals surface area contributed by atoms with E-state index in [1.165, 1.54) is 0 Å². The van der Waals surface area contributed by atoms with Crippen molar-refractivity contribution < 1.29 is 9.59 Å². The van der Waals surface area contributed by atoms with Crippen molar-refractivity contribution in [2.75, 3.05) is 44.6 Å². The highest BCUT2D eigenvalue weighted by atomic mass is 16.2. The smallest absolute Gasteiger partial charge is 0.241 e. The summed E-state index contributed by atoms with van der Waals surface area (Å²) in [5.74, 6) is 0.153. The number of amides is 2. The van der Waals surface area contributed by atoms with Crippen molar-refractivity contribution in [1.29, 1.82) is 0 Å². The Labute approximate surface area is 150 Å². The molecule has 0 unspecified atom stereocenters. The Balaban J connectivity index is 1.77. The molecule has 25 heavy (non-hydrogen) atoms. The average molecular weight is 346 g/mol. The van der Waals surface area contributed by atoms with Crippen LogP contribution in [0.15, 0.2) is 18.2 Å². The molecule has 1 fully saturated rings. The highest BCUT2D eigenvalue weighted by Crippen LogP contribution is 2.19. The van der Waals surface area contributed by atoms with Crippen LogP contribution in [-0.2, 0) is 9.59 Å². The van der Waals surface area contributed by atoms with Gasteiger partial charge in [-0.1, -0.05) is 18.2 Å². The highest BCUT2D eigenvalue weighted by molar-refractivity contribution is 5.82. The van der Waals surface area contributed by atoms with Gasteiger partial charge in [0.25, 0.3) is 0 Å². The van der Waals surface area contributed by atoms with Crippen molar-refractivity contribution in [1.82, 2.24) is 15.1 Å². The molecule has 2 amide bonds. The molecular formula is C19H30N4O2. The second kappa shape index (κ2) is 8.85. The molecule has 1 aliphatic heterocycles. The molecular weight excluding hydrogens is 316 g/mol. The van der Waals surface area contributed by atoms with E-state index in [1.807, 2.05) is 50.8 Å². The van der Waals surface area contributed by atoms with Crippen molar-refractivity contribution in [2.45, 2.75) is 33.7 Å². The molecule has 0 aliphatic carbocycles. The minimum absolute atomic E-state index is 0.0477. The lowest BCUT2D eigenvalue weighted by atomic mass is 10.1. The first-order chi connectivity index (χ1) is 11.9. The fourth-order valence-electron chi connectivity index (χ4n) is 3.10. The predicted octanol–water partition coefficient (Wildman–Crippen LogP) is 1.38. The highest BCUT2D eigenvalue weighted by Gasteiger charge is 2.22. The van der Waals surface area contributed by atoms with Crippen LogP contribution in [0, 0.1) is 13.8 Å². The van der Waals surface area contributed by atoms with E-state index in [0.29, 0.717) is 26.2 Å². The fraction of sp³-hybridized carbons (Fsp3) is 0.579. The first kappa shape index (κ1) is 19.2. The second-order valence-corrected chi connectivity index (χ2v) is 7.00. The predicted molar refractivity (Wildman–Crippen MR) is 101 cm³/mol. The number of nitrogens with one attached hydrogen (secondary N) is 2. The molecule has 1 aliphatic rings. The molecule has 1 heterocycles. The molecule has 1 saturated heterocycles. The van der Waals surface area contributed by atoms with Crippen LogP contribution in [0.3, 0.4) is 0 Å². The van der Waals surface area contributed by atoms with Gasteiger partial charge in [-0.05, 0) is 38.8 Å². The third-order valence-corrected chi connectivity index (χ3v) is 4.44. The van der Waals surface area contributed by atoms with Crippen molar-refractivity contribution in [3.63, 3.8) is 0 Å². The summed E-state index contributed by atoms with van der Waals surface area (Å²) in [4.78, 5) is 28.2. The monoisotopic (exact) mass is 346 g/mol. The van der Waals surface area contributed by atoms with Crippen molar-refractivity contribution in [3.05, 3.63) is 29.3 Å². The van der Waals surface area contributed by atoms with E-state index in [-0.39, 0.29) is 17.9 Å². The van der Waals surface area contributed by atoms with E-state index < -0.39 is 0 Å². The van der Waals surface area contributed by atoms with Gasteiger partial charge in [0.15, 0.2) is 0 Å². The van der Waals surface area contributed by atoms with Crippen LogP contribution in [-0.4, -0.2) is 66.9 Å². The van der Waals surface area contributed by atoms with Crippen molar-refractivity contribution in [2.24, 2.45) is 0 Å². The van der Waals surface area contributed by atoms with Gasteiger partial charge in [0.05, 0.1) is 13.1 Å². The lowest BCUT2D eigenvalue weighted by Gasteiger charge is -2.34. The Bertz CT molecular complexity index is 587. The molecule has 0 radical (unpaired) electrons. The quantitative estimate of drug-likeness (QED) is 0.817. The summed E-state index contributed by atoms with van der Waals surface area (Å²) >= 11 is 0. The normalized spacial score (nSPS) is 15.3. The van der Waals surface area contributed by atoms with Gasteiger partial charge in [0.2, 0.25) is 11.8 Å². The molecule has 1 aromatic carbocycles. The van der Waals surface area contributed by atoms with E-state index in [1.54, 1.807) is 0 Å². The Morgan fingerprint density at radius 2 is 1.68 bits per heavy atom. The molecule has 138 valence electrons. The third-order valence-electron chi connectivity index (χ3n) is 4.44. The lowest BCUT2D eigenvalue weighted by Crippen LogP contribution is -2.52. The Kier molecular flexibility index (Phi) is 6.82. The summed E-state index contributed by atoms with van der Waals surface area (Å²) in [6.45, 7) is 11.5. The minimum Gasteiger partial charge on any atom is -0.376 e. The SMILES string of the molecule is Cc1cccc(C)c1NCC(=O)N1CCN(CC(=O)NC(C)C)CC1. The number of carbonyl (C=O) groups excluding carboxylic acids is 2. The third kappa shape index (κ3) is 5.74. The Hall–Kier alpha value is -2.08. The number of carbonyl (C=O) groups is 2. The van der Waals surface area contributed by atoms with Gasteiger partial charge >= 0.3 is 0 Å². The maximum absolute atomic E-state index is 12.4. The zero-order valence-corrected chi connectivity index (χ0v) is 15.8. The number of aryl methyl sites for hydroxylation is 2. The van der Waals surface area contributed by atoms with Crippen LogP contribution >= 0.6 is 0 Å². The summed E-state index contributed by atoms with van der Waals surface area (Å²) in [7, 11) is 0. The molecule has 6 heteroatoms. The maximum atomic E-state index is 12.4. The minimum atomic E-state index is 0.0477. The van der Waals surface area contributed by atoms with Gasteiger partial charge in [0.1, 0.15) is 0 Å². The number of rotatable bonds is 6. The number of nitrogens with zero attached hydrogens (tertiary/aromatic N) is 2. The van der Waals surface area contributed by atoms with E-state index in [0.717, 1.165) is 29.9 Å². The molecule has 2 N–H and O–H groups in total. The summed E-state index contributed by atoms with van der Waals surface area (Å²) in [6, 6.07) is 6.26. The molecule has 0 spiro atoms. The first-order valence-electron chi connectivity index (χ1n) is 8.96. The van der Waals surface area contributed by atoms with Crippen LogP contribution in [0.1, 0.15) is 25.0 Å². The maximum Gasteiger partial charge on any atom is 0.241 e. The summed E-state index contributed by atoms with van der Waals surface area (Å²) in [5.41, 5.74) is 3.34. The number of piperazine rings is 1. The fourth-order valence-corrected chi connectivity index (χ4v) is 3.10. The van der Waals surface area contributed by atoms with Crippen LogP contribution < -0.4 is 10.6 Å². The van der Waals surface area contributed by atoms with Crippen LogP contribution in [0.25, 0.3) is 0 Å². The van der Waals surface area contributed by atoms with Gasteiger partial charge in [0, 0.05) is 37.9 Å². The number of para-hydroxylation sites is 1. The van der Waals surface area contributed by atoms with Gasteiger partial charge < -0.3 is 15.5 Å². The largest absolute Gasteiger partial charge is 0.376 e. The van der Waals surface area contributed by atoms with Crippen LogP contribution in [0.4, 0.5) is 5.69 Å². The molecule has 0 atom stereocenters. The number of hydrogen-bond acceptors (Lipinski definition) is 4. The number of benzene rings is 1. The standard InChI is InChI=1S/C19H30N4O2/c1-14(2)21-17(24)13-22-8-10-23(11-9-22)18(25)12-20-19-15(3)6-5-7-16(19)4/h5-7,14,20H,8-13H2,1-4H3,(H,21,24). The number of anilines is 1. The Morgan fingerprint density at radius 3 is 2.24 bits per heavy atom. The summed E-state index contributed by atoms with van der Waals surface area (Å²) in [6.07, 6.45) is 0. The van der Waals surface area contributed by atoms with E-state index in [4.69, 9.17) is 0 Å². The van der Waals surface area contributed by atoms with Gasteiger partial charge in [-0.15, -0.1) is 0 Å². The summed E-state index contributed by atoms with van der Waals surface area (Å²) < 4.78 is 0. The number of hydrogen-bond donors (Lipinski definition) is 2. The van der Waals surface area contributed by atoms with Crippen molar-refractivity contribution in [3.8, 4) is 0 Å². The van der Waals surface area contributed by atoms with E-state index in [2.05, 4.69) is 15.5 Å². The van der Waals surface area contributed by atoms with Crippen LogP contribution in [0.2, 0.25) is 0 Å². The zero-order valence-electron chi connectivity index (χ0n) is 15.8. The van der Waals surface area contributed by atoms with Crippen molar-refractivity contribution >= 4 is 17.5 Å². The summed E-state index contributed by atoms with van der Waals surface area (Å²) in [5, 5.41) is 6.18. The lowest BCUT2D eigenvalue weighted by molar-refractivity contribution is -0.131. The molecule has 0 saturated carbocycles. The molecule has 0 bridgehead atoms. The molecule has 6 nitrogen and oxygen atoms in total. The Morgan fingerprint density at radius 1 is 1.08 bits per heavy atom. The topological polar surface area (TPSA) is 64.7 Å². The van der Waals surface area contributed by atoms with Gasteiger partial charge in [-0.25, -0.2) is 0 Å². The first-order valence-corrected chi connectivity index (χ1v) is 8.96. The van der Waals surface area contributed by atoms with Gasteiger partial charge in [-0.3, -0.25) is 14.5 Å². The molecule has 2 rings (SSSR count). The van der Waals surface area contributed by atoms with E-state index in [9.17, 15) is 9.59 Å². The van der Waals surface area contributed by atoms with Crippen LogP contribution in [0.5, 0.6) is 0 Å². The second-order valence-electron chi connectivity index (χ2n) is 7.00. The average Bonchev–Trinajstić information content (AvgIpc) is 2.54. The van der Waals surface area contributed by atoms with Gasteiger partial charge in [-0.2, -0.15) is 0 Å². The molecule has 1 aromatic rings. The zero-order chi connectivity index (χ0) is 18.4. The van der Waals surface area contributed by atoms with E-state index >= 15 is 0 Å². The molecule has 0 aromatic heterocycles.